The lowest BCUT2D eigenvalue weighted by molar-refractivity contribution is -0.138. The summed E-state index contributed by atoms with van der Waals surface area (Å²) in [6, 6.07) is 3.54. The number of benzene rings is 1. The maximum atomic E-state index is 12.7. The number of halogens is 3. The predicted octanol–water partition coefficient (Wildman–Crippen LogP) is 3.17. The summed E-state index contributed by atoms with van der Waals surface area (Å²) >= 11 is 0. The van der Waals surface area contributed by atoms with E-state index < -0.39 is 11.7 Å². The number of nitrogens with two attached hydrogens (primary N) is 1. The summed E-state index contributed by atoms with van der Waals surface area (Å²) < 4.78 is 45.3. The summed E-state index contributed by atoms with van der Waals surface area (Å²) in [4.78, 5) is 0. The van der Waals surface area contributed by atoms with Crippen LogP contribution in [0.3, 0.4) is 0 Å². The molecule has 0 spiro atoms. The Morgan fingerprint density at radius 1 is 1.30 bits per heavy atom. The van der Waals surface area contributed by atoms with Crippen LogP contribution < -0.4 is 10.5 Å². The van der Waals surface area contributed by atoms with Crippen molar-refractivity contribution in [2.24, 2.45) is 5.73 Å². The molecule has 4 nitrogen and oxygen atoms in total. The van der Waals surface area contributed by atoms with Gasteiger partial charge >= 0.3 is 6.18 Å². The summed E-state index contributed by atoms with van der Waals surface area (Å²) in [7, 11) is 0. The van der Waals surface area contributed by atoms with Crippen molar-refractivity contribution in [2.75, 3.05) is 0 Å². The second-order valence-electron chi connectivity index (χ2n) is 4.15. The third kappa shape index (κ3) is 3.11. The first-order valence-corrected chi connectivity index (χ1v) is 6.04. The highest BCUT2D eigenvalue weighted by Crippen LogP contribution is 2.34. The van der Waals surface area contributed by atoms with Gasteiger partial charge in [-0.05, 0) is 30.7 Å². The van der Waals surface area contributed by atoms with Crippen LogP contribution in [0.1, 0.15) is 18.1 Å². The van der Waals surface area contributed by atoms with E-state index in [1.54, 1.807) is 10.9 Å². The van der Waals surface area contributed by atoms with Gasteiger partial charge in [-0.3, -0.25) is 4.68 Å². The Kier molecular flexibility index (Phi) is 3.99. The van der Waals surface area contributed by atoms with Crippen LogP contribution in [0.15, 0.2) is 30.6 Å². The molecule has 1 heterocycles. The average Bonchev–Trinajstić information content (AvgIpc) is 2.85. The molecule has 0 aliphatic heterocycles. The van der Waals surface area contributed by atoms with Crippen LogP contribution in [-0.4, -0.2) is 9.78 Å². The van der Waals surface area contributed by atoms with Crippen molar-refractivity contribution in [1.82, 2.24) is 9.78 Å². The van der Waals surface area contributed by atoms with E-state index in [1.807, 2.05) is 6.92 Å². The number of hydrogen-bond acceptors (Lipinski definition) is 3. The van der Waals surface area contributed by atoms with Gasteiger partial charge in [-0.2, -0.15) is 18.3 Å². The fraction of sp³-hybridized carbons (Fsp3) is 0.308. The Morgan fingerprint density at radius 2 is 2.05 bits per heavy atom. The number of aryl methyl sites for hydroxylation is 1. The molecule has 2 N–H and O–H groups in total. The number of aromatic nitrogens is 2. The molecule has 1 aromatic heterocycles. The van der Waals surface area contributed by atoms with Crippen LogP contribution in [0.25, 0.3) is 0 Å². The van der Waals surface area contributed by atoms with Crippen molar-refractivity contribution in [3.63, 3.8) is 0 Å². The molecule has 0 saturated heterocycles. The fourth-order valence-electron chi connectivity index (χ4n) is 1.79. The van der Waals surface area contributed by atoms with Crippen molar-refractivity contribution >= 4 is 0 Å². The van der Waals surface area contributed by atoms with E-state index in [0.717, 1.165) is 6.07 Å². The Hall–Kier alpha value is -2.02. The molecule has 0 aliphatic rings. The second kappa shape index (κ2) is 5.54. The zero-order valence-corrected chi connectivity index (χ0v) is 10.8. The zero-order valence-electron chi connectivity index (χ0n) is 10.8. The summed E-state index contributed by atoms with van der Waals surface area (Å²) in [5.41, 5.74) is 4.62. The summed E-state index contributed by atoms with van der Waals surface area (Å²) in [5, 5.41) is 4.02. The van der Waals surface area contributed by atoms with Crippen LogP contribution in [0, 0.1) is 0 Å². The van der Waals surface area contributed by atoms with E-state index >= 15 is 0 Å². The highest BCUT2D eigenvalue weighted by Gasteiger charge is 2.33. The molecule has 0 fully saturated rings. The van der Waals surface area contributed by atoms with Crippen LogP contribution in [-0.2, 0) is 19.3 Å². The Morgan fingerprint density at radius 3 is 2.60 bits per heavy atom. The monoisotopic (exact) mass is 285 g/mol. The molecule has 0 saturated carbocycles. The summed E-state index contributed by atoms with van der Waals surface area (Å²) in [6.07, 6.45) is -1.25. The molecule has 7 heteroatoms. The van der Waals surface area contributed by atoms with Gasteiger partial charge in [0, 0.05) is 13.1 Å². The first kappa shape index (κ1) is 14.4. The average molecular weight is 285 g/mol. The van der Waals surface area contributed by atoms with Gasteiger partial charge in [0.15, 0.2) is 5.75 Å². The lowest BCUT2D eigenvalue weighted by atomic mass is 10.1. The SMILES string of the molecule is CCn1cc(Oc2ccc(C(F)(F)F)c(CN)c2)cn1. The first-order chi connectivity index (χ1) is 9.44. The Bertz CT molecular complexity index is 593. The molecule has 1 aromatic carbocycles. The number of rotatable bonds is 4. The zero-order chi connectivity index (χ0) is 14.8. The van der Waals surface area contributed by atoms with Crippen LogP contribution in [0.2, 0.25) is 0 Å². The van der Waals surface area contributed by atoms with Crippen LogP contribution >= 0.6 is 0 Å². The minimum absolute atomic E-state index is 0.00196. The largest absolute Gasteiger partial charge is 0.454 e. The molecule has 0 radical (unpaired) electrons. The van der Waals surface area contributed by atoms with E-state index in [4.69, 9.17) is 10.5 Å². The Labute approximate surface area is 114 Å². The molecule has 108 valence electrons. The standard InChI is InChI=1S/C13H14F3N3O/c1-2-19-8-11(7-18-19)20-10-3-4-12(13(14,15)16)9(5-10)6-17/h3-5,7-8H,2,6,17H2,1H3. The maximum absolute atomic E-state index is 12.7. The van der Waals surface area contributed by atoms with E-state index in [-0.39, 0.29) is 12.1 Å². The number of nitrogens with zero attached hydrogens (tertiary/aromatic N) is 2. The molecule has 20 heavy (non-hydrogen) atoms. The van der Waals surface area contributed by atoms with Gasteiger partial charge in [-0.15, -0.1) is 0 Å². The maximum Gasteiger partial charge on any atom is 0.416 e. The van der Waals surface area contributed by atoms with Gasteiger partial charge < -0.3 is 10.5 Å². The molecule has 2 aromatic rings. The van der Waals surface area contributed by atoms with Crippen LogP contribution in [0.5, 0.6) is 11.5 Å². The fourth-order valence-corrected chi connectivity index (χ4v) is 1.79. The van der Waals surface area contributed by atoms with Crippen molar-refractivity contribution in [3.8, 4) is 11.5 Å². The van der Waals surface area contributed by atoms with Gasteiger partial charge in [-0.1, -0.05) is 0 Å². The normalized spacial score (nSPS) is 11.7. The van der Waals surface area contributed by atoms with Gasteiger partial charge in [0.1, 0.15) is 5.75 Å². The van der Waals surface area contributed by atoms with E-state index in [0.29, 0.717) is 18.0 Å². The van der Waals surface area contributed by atoms with Gasteiger partial charge in [0.25, 0.3) is 0 Å². The van der Waals surface area contributed by atoms with E-state index in [1.165, 1.54) is 18.3 Å². The van der Waals surface area contributed by atoms with Crippen molar-refractivity contribution in [2.45, 2.75) is 26.2 Å². The third-order valence-corrected chi connectivity index (χ3v) is 2.77. The lowest BCUT2D eigenvalue weighted by Gasteiger charge is -2.13. The third-order valence-electron chi connectivity index (χ3n) is 2.77. The van der Waals surface area contributed by atoms with Gasteiger partial charge in [0.05, 0.1) is 18.0 Å². The quantitative estimate of drug-likeness (QED) is 0.938. The lowest BCUT2D eigenvalue weighted by Crippen LogP contribution is -2.11. The predicted molar refractivity (Wildman–Crippen MR) is 67.3 cm³/mol. The second-order valence-corrected chi connectivity index (χ2v) is 4.15. The van der Waals surface area contributed by atoms with E-state index in [9.17, 15) is 13.2 Å². The topological polar surface area (TPSA) is 53.1 Å². The summed E-state index contributed by atoms with van der Waals surface area (Å²) in [5.74, 6) is 0.767. The molecule has 0 amide bonds. The number of ether oxygens (including phenoxy) is 1. The van der Waals surface area contributed by atoms with Crippen molar-refractivity contribution in [1.29, 1.82) is 0 Å². The molecule has 0 atom stereocenters. The molecular weight excluding hydrogens is 271 g/mol. The highest BCUT2D eigenvalue weighted by atomic mass is 19.4. The van der Waals surface area contributed by atoms with Crippen LogP contribution in [0.4, 0.5) is 13.2 Å². The molecule has 0 bridgehead atoms. The summed E-state index contributed by atoms with van der Waals surface area (Å²) in [6.45, 7) is 2.39. The molecule has 2 rings (SSSR count). The smallest absolute Gasteiger partial charge is 0.416 e. The van der Waals surface area contributed by atoms with E-state index in [2.05, 4.69) is 5.10 Å². The van der Waals surface area contributed by atoms with Crippen molar-refractivity contribution < 1.29 is 17.9 Å². The number of hydrogen-bond donors (Lipinski definition) is 1. The molecule has 0 aliphatic carbocycles. The number of alkyl halides is 3. The Balaban J connectivity index is 2.25. The van der Waals surface area contributed by atoms with Gasteiger partial charge in [-0.25, -0.2) is 0 Å². The molecular formula is C13H14F3N3O. The first-order valence-electron chi connectivity index (χ1n) is 6.04. The minimum Gasteiger partial charge on any atom is -0.454 e. The minimum atomic E-state index is -4.42. The van der Waals surface area contributed by atoms with Crippen molar-refractivity contribution in [3.05, 3.63) is 41.7 Å². The van der Waals surface area contributed by atoms with Gasteiger partial charge in [0.2, 0.25) is 0 Å². The highest BCUT2D eigenvalue weighted by molar-refractivity contribution is 5.39. The molecule has 0 unspecified atom stereocenters.